The van der Waals surface area contributed by atoms with Gasteiger partial charge in [0.2, 0.25) is 5.95 Å². The molecule has 0 fully saturated rings. The van der Waals surface area contributed by atoms with Crippen molar-refractivity contribution in [1.29, 1.82) is 0 Å². The number of anilines is 3. The van der Waals surface area contributed by atoms with Crippen molar-refractivity contribution in [3.63, 3.8) is 0 Å². The van der Waals surface area contributed by atoms with E-state index in [0.29, 0.717) is 5.95 Å². The van der Waals surface area contributed by atoms with E-state index >= 15 is 0 Å². The molecule has 19 heavy (non-hydrogen) atoms. The minimum absolute atomic E-state index is 0.664. The summed E-state index contributed by atoms with van der Waals surface area (Å²) in [6.07, 6.45) is 2.81. The van der Waals surface area contributed by atoms with Gasteiger partial charge in [-0.2, -0.15) is 4.98 Å². The minimum atomic E-state index is 0.664. The van der Waals surface area contributed by atoms with E-state index in [4.69, 9.17) is 0 Å². The normalized spacial score (nSPS) is 10.3. The van der Waals surface area contributed by atoms with Crippen molar-refractivity contribution >= 4 is 17.5 Å². The summed E-state index contributed by atoms with van der Waals surface area (Å²) < 4.78 is 0. The maximum absolute atomic E-state index is 4.44. The number of hydrogen-bond donors (Lipinski definition) is 2. The van der Waals surface area contributed by atoms with E-state index in [1.54, 1.807) is 6.20 Å². The van der Waals surface area contributed by atoms with Crippen LogP contribution in [0.2, 0.25) is 0 Å². The first kappa shape index (κ1) is 13.3. The monoisotopic (exact) mass is 256 g/mol. The lowest BCUT2D eigenvalue weighted by molar-refractivity contribution is 0.953. The van der Waals surface area contributed by atoms with Crippen LogP contribution in [0.1, 0.15) is 24.5 Å². The molecule has 0 unspecified atom stereocenters. The highest BCUT2D eigenvalue weighted by Gasteiger charge is 2.02. The molecule has 4 heteroatoms. The summed E-state index contributed by atoms with van der Waals surface area (Å²) in [6.45, 7) is 7.18. The second-order valence-corrected chi connectivity index (χ2v) is 4.64. The van der Waals surface area contributed by atoms with Crippen molar-refractivity contribution in [3.05, 3.63) is 41.6 Å². The molecule has 0 saturated carbocycles. The Bertz CT molecular complexity index is 552. The summed E-state index contributed by atoms with van der Waals surface area (Å²) in [5.41, 5.74) is 3.54. The number of nitrogens with one attached hydrogen (secondary N) is 2. The van der Waals surface area contributed by atoms with E-state index < -0.39 is 0 Å². The van der Waals surface area contributed by atoms with Gasteiger partial charge < -0.3 is 10.6 Å². The molecule has 0 amide bonds. The molecule has 2 rings (SSSR count). The second-order valence-electron chi connectivity index (χ2n) is 4.64. The van der Waals surface area contributed by atoms with Crippen LogP contribution in [0.5, 0.6) is 0 Å². The lowest BCUT2D eigenvalue weighted by Gasteiger charge is -2.10. The van der Waals surface area contributed by atoms with Crippen LogP contribution in [-0.4, -0.2) is 16.5 Å². The van der Waals surface area contributed by atoms with Crippen molar-refractivity contribution in [2.75, 3.05) is 17.2 Å². The number of benzene rings is 1. The van der Waals surface area contributed by atoms with Crippen molar-refractivity contribution in [2.45, 2.75) is 27.2 Å². The molecular formula is C15H20N4. The number of hydrogen-bond acceptors (Lipinski definition) is 4. The lowest BCUT2D eigenvalue weighted by atomic mass is 10.1. The fourth-order valence-corrected chi connectivity index (χ4v) is 1.84. The SMILES string of the molecule is CCCNc1nccc(Nc2ccc(C)cc2C)n1. The molecule has 1 heterocycles. The number of aryl methyl sites for hydroxylation is 2. The van der Waals surface area contributed by atoms with Gasteiger partial charge in [-0.3, -0.25) is 0 Å². The summed E-state index contributed by atoms with van der Waals surface area (Å²) in [4.78, 5) is 8.63. The average molecular weight is 256 g/mol. The number of aromatic nitrogens is 2. The molecular weight excluding hydrogens is 236 g/mol. The molecule has 1 aromatic heterocycles. The Morgan fingerprint density at radius 3 is 2.74 bits per heavy atom. The zero-order chi connectivity index (χ0) is 13.7. The highest BCUT2D eigenvalue weighted by Crippen LogP contribution is 2.20. The fraction of sp³-hybridized carbons (Fsp3) is 0.333. The van der Waals surface area contributed by atoms with Gasteiger partial charge in [0, 0.05) is 18.4 Å². The predicted octanol–water partition coefficient (Wildman–Crippen LogP) is 3.66. The molecule has 0 aliphatic rings. The summed E-state index contributed by atoms with van der Waals surface area (Å²) in [5.74, 6) is 1.47. The molecule has 4 nitrogen and oxygen atoms in total. The molecule has 2 N–H and O–H groups in total. The largest absolute Gasteiger partial charge is 0.354 e. The molecule has 0 bridgehead atoms. The Kier molecular flexibility index (Phi) is 4.34. The van der Waals surface area contributed by atoms with Crippen LogP contribution in [0, 0.1) is 13.8 Å². The van der Waals surface area contributed by atoms with Crippen LogP contribution in [0.3, 0.4) is 0 Å². The summed E-state index contributed by atoms with van der Waals surface area (Å²) in [7, 11) is 0. The topological polar surface area (TPSA) is 49.8 Å². The van der Waals surface area contributed by atoms with Gasteiger partial charge >= 0.3 is 0 Å². The third-order valence-corrected chi connectivity index (χ3v) is 2.83. The zero-order valence-electron chi connectivity index (χ0n) is 11.7. The molecule has 0 aliphatic carbocycles. The standard InChI is InChI=1S/C15H20N4/c1-4-8-16-15-17-9-7-14(19-15)18-13-6-5-11(2)10-12(13)3/h5-7,9-10H,4,8H2,1-3H3,(H2,16,17,18,19). The van der Waals surface area contributed by atoms with E-state index in [0.717, 1.165) is 24.5 Å². The third-order valence-electron chi connectivity index (χ3n) is 2.83. The summed E-state index contributed by atoms with van der Waals surface area (Å²) in [5, 5.41) is 6.51. The highest BCUT2D eigenvalue weighted by molar-refractivity contribution is 5.61. The van der Waals surface area contributed by atoms with E-state index in [9.17, 15) is 0 Å². The Hall–Kier alpha value is -2.10. The molecule has 100 valence electrons. The van der Waals surface area contributed by atoms with Gasteiger partial charge in [-0.1, -0.05) is 24.6 Å². The molecule has 0 spiro atoms. The van der Waals surface area contributed by atoms with Gasteiger partial charge in [0.15, 0.2) is 0 Å². The van der Waals surface area contributed by atoms with Crippen molar-refractivity contribution in [2.24, 2.45) is 0 Å². The van der Waals surface area contributed by atoms with Gasteiger partial charge in [-0.05, 0) is 38.0 Å². The molecule has 0 saturated heterocycles. The van der Waals surface area contributed by atoms with E-state index in [2.05, 4.69) is 59.6 Å². The second kappa shape index (κ2) is 6.18. The molecule has 0 atom stereocenters. The zero-order valence-corrected chi connectivity index (χ0v) is 11.7. The van der Waals surface area contributed by atoms with Gasteiger partial charge in [0.1, 0.15) is 5.82 Å². The van der Waals surface area contributed by atoms with Crippen molar-refractivity contribution in [3.8, 4) is 0 Å². The minimum Gasteiger partial charge on any atom is -0.354 e. The first-order valence-corrected chi connectivity index (χ1v) is 6.60. The van der Waals surface area contributed by atoms with Crippen LogP contribution < -0.4 is 10.6 Å². The van der Waals surface area contributed by atoms with Gasteiger partial charge in [-0.15, -0.1) is 0 Å². The molecule has 1 aromatic carbocycles. The summed E-state index contributed by atoms with van der Waals surface area (Å²) in [6, 6.07) is 8.19. The smallest absolute Gasteiger partial charge is 0.224 e. The number of rotatable bonds is 5. The Morgan fingerprint density at radius 2 is 2.00 bits per heavy atom. The highest BCUT2D eigenvalue weighted by atomic mass is 15.1. The Morgan fingerprint density at radius 1 is 1.16 bits per heavy atom. The van der Waals surface area contributed by atoms with Crippen LogP contribution in [0.15, 0.2) is 30.5 Å². The van der Waals surface area contributed by atoms with Gasteiger partial charge in [0.25, 0.3) is 0 Å². The first-order valence-electron chi connectivity index (χ1n) is 6.60. The maximum Gasteiger partial charge on any atom is 0.224 e. The van der Waals surface area contributed by atoms with Crippen LogP contribution >= 0.6 is 0 Å². The van der Waals surface area contributed by atoms with Crippen molar-refractivity contribution < 1.29 is 0 Å². The Balaban J connectivity index is 2.14. The third kappa shape index (κ3) is 3.68. The van der Waals surface area contributed by atoms with E-state index in [1.807, 2.05) is 6.07 Å². The fourth-order valence-electron chi connectivity index (χ4n) is 1.84. The summed E-state index contributed by atoms with van der Waals surface area (Å²) >= 11 is 0. The lowest BCUT2D eigenvalue weighted by Crippen LogP contribution is -2.05. The van der Waals surface area contributed by atoms with Crippen LogP contribution in [-0.2, 0) is 0 Å². The molecule has 0 radical (unpaired) electrons. The maximum atomic E-state index is 4.44. The van der Waals surface area contributed by atoms with E-state index in [1.165, 1.54) is 11.1 Å². The quantitative estimate of drug-likeness (QED) is 0.857. The van der Waals surface area contributed by atoms with Crippen LogP contribution in [0.4, 0.5) is 17.5 Å². The van der Waals surface area contributed by atoms with Crippen molar-refractivity contribution in [1.82, 2.24) is 9.97 Å². The van der Waals surface area contributed by atoms with Gasteiger partial charge in [-0.25, -0.2) is 4.98 Å². The van der Waals surface area contributed by atoms with E-state index in [-0.39, 0.29) is 0 Å². The predicted molar refractivity (Wildman–Crippen MR) is 80.0 cm³/mol. The van der Waals surface area contributed by atoms with Gasteiger partial charge in [0.05, 0.1) is 0 Å². The number of nitrogens with zero attached hydrogens (tertiary/aromatic N) is 2. The average Bonchev–Trinajstić information content (AvgIpc) is 2.40. The molecule has 2 aromatic rings. The Labute approximate surface area is 114 Å². The van der Waals surface area contributed by atoms with Crippen LogP contribution in [0.25, 0.3) is 0 Å². The first-order chi connectivity index (χ1) is 9.19. The molecule has 0 aliphatic heterocycles.